The van der Waals surface area contributed by atoms with Crippen LogP contribution in [0.1, 0.15) is 43.6 Å². The lowest BCUT2D eigenvalue weighted by Crippen LogP contribution is -2.46. The van der Waals surface area contributed by atoms with Crippen molar-refractivity contribution in [1.29, 1.82) is 0 Å². The summed E-state index contributed by atoms with van der Waals surface area (Å²) in [7, 11) is 0. The van der Waals surface area contributed by atoms with Crippen molar-refractivity contribution in [3.05, 3.63) is 27.9 Å². The van der Waals surface area contributed by atoms with Crippen LogP contribution < -0.4 is 5.56 Å². The molecule has 136 valence electrons. The number of likely N-dealkylation sites (tertiary alicyclic amines) is 1. The molecule has 1 saturated heterocycles. The van der Waals surface area contributed by atoms with E-state index in [-0.39, 0.29) is 29.7 Å². The summed E-state index contributed by atoms with van der Waals surface area (Å²) >= 11 is 0. The maximum Gasteiger partial charge on any atom is 0.253 e. The molecule has 1 atom stereocenters. The average molecular weight is 351 g/mol. The molecule has 0 N–H and O–H groups in total. The van der Waals surface area contributed by atoms with Crippen molar-refractivity contribution in [3.8, 4) is 0 Å². The molecule has 3 aliphatic rings. The van der Waals surface area contributed by atoms with E-state index in [0.717, 1.165) is 37.2 Å². The molecule has 1 aromatic heterocycles. The number of amides is 1. The number of nitrogens with zero attached hydrogens (tertiary/aromatic N) is 3. The van der Waals surface area contributed by atoms with Crippen molar-refractivity contribution < 1.29 is 13.6 Å². The molecule has 5 nitrogen and oxygen atoms in total. The number of hydrogen-bond acceptors (Lipinski definition) is 3. The van der Waals surface area contributed by atoms with Crippen LogP contribution in [0.2, 0.25) is 0 Å². The molecule has 2 aliphatic heterocycles. The minimum atomic E-state index is -2.66. The molecule has 3 heterocycles. The second kappa shape index (κ2) is 5.61. The van der Waals surface area contributed by atoms with Crippen LogP contribution in [0.3, 0.4) is 0 Å². The van der Waals surface area contributed by atoms with E-state index in [0.29, 0.717) is 19.6 Å². The average Bonchev–Trinajstić information content (AvgIpc) is 2.84. The molecular formula is C18H23F2N3O2. The van der Waals surface area contributed by atoms with Gasteiger partial charge in [0, 0.05) is 56.6 Å². The van der Waals surface area contributed by atoms with Gasteiger partial charge in [0.2, 0.25) is 11.8 Å². The zero-order valence-electron chi connectivity index (χ0n) is 14.4. The van der Waals surface area contributed by atoms with Crippen LogP contribution in [0.15, 0.2) is 10.9 Å². The van der Waals surface area contributed by atoms with E-state index in [2.05, 4.69) is 4.98 Å². The molecular weight excluding hydrogens is 328 g/mol. The standard InChI is InChI=1S/C18H23F2N3O2/c1-12-8-15(24)23-7-5-17(3-2-14(23)21-12)4-6-22(11-17)16(25)13-9-18(19,20)10-13/h8,13H,2-7,9-11H2,1H3. The largest absolute Gasteiger partial charge is 0.342 e. The SMILES string of the molecule is Cc1cc(=O)n2c(n1)CCC1(CCN(C(=O)C3CC(F)(F)C3)C1)CC2. The monoisotopic (exact) mass is 351 g/mol. The highest BCUT2D eigenvalue weighted by molar-refractivity contribution is 5.80. The van der Waals surface area contributed by atoms with Crippen molar-refractivity contribution in [2.24, 2.45) is 11.3 Å². The smallest absolute Gasteiger partial charge is 0.253 e. The molecule has 1 amide bonds. The van der Waals surface area contributed by atoms with Crippen molar-refractivity contribution in [1.82, 2.24) is 14.5 Å². The summed E-state index contributed by atoms with van der Waals surface area (Å²) in [6.45, 7) is 3.70. The van der Waals surface area contributed by atoms with Crippen LogP contribution >= 0.6 is 0 Å². The van der Waals surface area contributed by atoms with Crippen LogP contribution in [-0.2, 0) is 17.8 Å². The first-order chi connectivity index (χ1) is 11.8. The quantitative estimate of drug-likeness (QED) is 0.779. The van der Waals surface area contributed by atoms with Crippen LogP contribution in [0, 0.1) is 18.3 Å². The maximum atomic E-state index is 13.0. The van der Waals surface area contributed by atoms with Gasteiger partial charge in [-0.2, -0.15) is 0 Å². The number of hydrogen-bond donors (Lipinski definition) is 0. The molecule has 2 fully saturated rings. The van der Waals surface area contributed by atoms with E-state index in [1.807, 2.05) is 6.92 Å². The number of rotatable bonds is 1. The van der Waals surface area contributed by atoms with E-state index < -0.39 is 11.8 Å². The Hall–Kier alpha value is -1.79. The van der Waals surface area contributed by atoms with Gasteiger partial charge in [0.1, 0.15) is 5.82 Å². The van der Waals surface area contributed by atoms with E-state index in [9.17, 15) is 18.4 Å². The summed E-state index contributed by atoms with van der Waals surface area (Å²) in [6.07, 6.45) is 2.70. The molecule has 0 radical (unpaired) electrons. The fourth-order valence-corrected chi connectivity index (χ4v) is 4.59. The Morgan fingerprint density at radius 3 is 2.68 bits per heavy atom. The lowest BCUT2D eigenvalue weighted by atomic mass is 9.79. The summed E-state index contributed by atoms with van der Waals surface area (Å²) < 4.78 is 27.8. The number of aryl methyl sites for hydroxylation is 2. The Bertz CT molecular complexity index is 768. The minimum absolute atomic E-state index is 0.0119. The first-order valence-corrected chi connectivity index (χ1v) is 9.01. The normalized spacial score (nSPS) is 28.5. The third-order valence-corrected chi connectivity index (χ3v) is 6.15. The number of carbonyl (C=O) groups is 1. The Kier molecular flexibility index (Phi) is 3.74. The second-order valence-corrected chi connectivity index (χ2v) is 8.02. The predicted octanol–water partition coefficient (Wildman–Crippen LogP) is 2.15. The number of fused-ring (bicyclic) bond motifs is 1. The molecule has 4 rings (SSSR count). The van der Waals surface area contributed by atoms with Crippen LogP contribution in [0.4, 0.5) is 8.78 Å². The number of halogens is 2. The third kappa shape index (κ3) is 2.98. The third-order valence-electron chi connectivity index (χ3n) is 6.15. The van der Waals surface area contributed by atoms with E-state index in [1.54, 1.807) is 15.5 Å². The molecule has 25 heavy (non-hydrogen) atoms. The Labute approximate surface area is 145 Å². The molecule has 0 aromatic carbocycles. The lowest BCUT2D eigenvalue weighted by molar-refractivity contribution is -0.159. The number of alkyl halides is 2. The molecule has 1 unspecified atom stereocenters. The first kappa shape index (κ1) is 16.7. The molecule has 7 heteroatoms. The number of aromatic nitrogens is 2. The van der Waals surface area contributed by atoms with Gasteiger partial charge in [-0.1, -0.05) is 0 Å². The van der Waals surface area contributed by atoms with Gasteiger partial charge in [0.25, 0.3) is 5.56 Å². The fraction of sp³-hybridized carbons (Fsp3) is 0.722. The van der Waals surface area contributed by atoms with Gasteiger partial charge in [0.15, 0.2) is 0 Å². The maximum absolute atomic E-state index is 13.0. The lowest BCUT2D eigenvalue weighted by Gasteiger charge is -2.36. The van der Waals surface area contributed by atoms with Crippen molar-refractivity contribution >= 4 is 5.91 Å². The summed E-state index contributed by atoms with van der Waals surface area (Å²) in [5, 5.41) is 0. The minimum Gasteiger partial charge on any atom is -0.342 e. The van der Waals surface area contributed by atoms with E-state index in [1.165, 1.54) is 0 Å². The Morgan fingerprint density at radius 1 is 1.24 bits per heavy atom. The number of carbonyl (C=O) groups excluding carboxylic acids is 1. The molecule has 1 aromatic rings. The van der Waals surface area contributed by atoms with Gasteiger partial charge in [-0.05, 0) is 31.6 Å². The molecule has 1 saturated carbocycles. The van der Waals surface area contributed by atoms with Gasteiger partial charge in [-0.3, -0.25) is 14.2 Å². The zero-order chi connectivity index (χ0) is 17.8. The molecule has 1 aliphatic carbocycles. The zero-order valence-corrected chi connectivity index (χ0v) is 14.4. The topological polar surface area (TPSA) is 55.2 Å². The fourth-order valence-electron chi connectivity index (χ4n) is 4.59. The van der Waals surface area contributed by atoms with Gasteiger partial charge < -0.3 is 4.90 Å². The van der Waals surface area contributed by atoms with Gasteiger partial charge in [-0.15, -0.1) is 0 Å². The Morgan fingerprint density at radius 2 is 1.96 bits per heavy atom. The van der Waals surface area contributed by atoms with Gasteiger partial charge in [0.05, 0.1) is 0 Å². The first-order valence-electron chi connectivity index (χ1n) is 9.01. The van der Waals surface area contributed by atoms with E-state index >= 15 is 0 Å². The van der Waals surface area contributed by atoms with Gasteiger partial charge >= 0.3 is 0 Å². The van der Waals surface area contributed by atoms with Crippen LogP contribution in [-0.4, -0.2) is 39.4 Å². The molecule has 1 spiro atoms. The van der Waals surface area contributed by atoms with Crippen molar-refractivity contribution in [2.45, 2.75) is 57.9 Å². The summed E-state index contributed by atoms with van der Waals surface area (Å²) in [5.41, 5.74) is 0.708. The van der Waals surface area contributed by atoms with Gasteiger partial charge in [-0.25, -0.2) is 13.8 Å². The second-order valence-electron chi connectivity index (χ2n) is 8.02. The van der Waals surface area contributed by atoms with Crippen LogP contribution in [0.5, 0.6) is 0 Å². The van der Waals surface area contributed by atoms with Crippen molar-refractivity contribution in [3.63, 3.8) is 0 Å². The summed E-state index contributed by atoms with van der Waals surface area (Å²) in [4.78, 5) is 31.0. The summed E-state index contributed by atoms with van der Waals surface area (Å²) in [5.74, 6) is -2.46. The highest BCUT2D eigenvalue weighted by Crippen LogP contribution is 2.46. The Balaban J connectivity index is 1.45. The highest BCUT2D eigenvalue weighted by Gasteiger charge is 2.51. The summed E-state index contributed by atoms with van der Waals surface area (Å²) in [6, 6.07) is 1.56. The van der Waals surface area contributed by atoms with Crippen molar-refractivity contribution in [2.75, 3.05) is 13.1 Å². The predicted molar refractivity (Wildman–Crippen MR) is 87.5 cm³/mol. The van der Waals surface area contributed by atoms with E-state index in [4.69, 9.17) is 0 Å². The molecule has 0 bridgehead atoms. The highest BCUT2D eigenvalue weighted by atomic mass is 19.3. The van der Waals surface area contributed by atoms with Crippen LogP contribution in [0.25, 0.3) is 0 Å².